The Morgan fingerprint density at radius 1 is 1.06 bits per heavy atom. The fraction of sp³-hybridized carbons (Fsp3) is 0.667. The number of ether oxygens (including phenoxy) is 2. The van der Waals surface area contributed by atoms with Crippen molar-refractivity contribution in [3.63, 3.8) is 0 Å². The van der Waals surface area contributed by atoms with Gasteiger partial charge in [0, 0.05) is 45.5 Å². The van der Waals surface area contributed by atoms with Crippen molar-refractivity contribution < 1.29 is 19.1 Å². The van der Waals surface area contributed by atoms with Gasteiger partial charge in [-0.2, -0.15) is 0 Å². The number of carbonyl (C=O) groups is 2. The molecule has 7 heteroatoms. The number of rotatable bonds is 7. The molecule has 1 aromatic rings. The molecule has 1 aromatic carbocycles. The summed E-state index contributed by atoms with van der Waals surface area (Å²) in [4.78, 5) is 31.5. The largest absolute Gasteiger partial charge is 0.497 e. The highest BCUT2D eigenvalue weighted by Gasteiger charge is 2.31. The summed E-state index contributed by atoms with van der Waals surface area (Å²) in [5, 5.41) is 0. The molecule has 1 heterocycles. The van der Waals surface area contributed by atoms with Crippen molar-refractivity contribution >= 4 is 17.7 Å². The molecule has 7 nitrogen and oxygen atoms in total. The van der Waals surface area contributed by atoms with Gasteiger partial charge in [-0.3, -0.25) is 4.79 Å². The minimum atomic E-state index is -0.555. The lowest BCUT2D eigenvalue weighted by Gasteiger charge is -2.38. The Hall–Kier alpha value is -2.44. The first-order valence-electron chi connectivity index (χ1n) is 11.1. The molecular weight excluding hydrogens is 394 g/mol. The van der Waals surface area contributed by atoms with Gasteiger partial charge < -0.3 is 24.2 Å². The van der Waals surface area contributed by atoms with E-state index in [2.05, 4.69) is 18.7 Å². The normalized spacial score (nSPS) is 15.6. The second-order valence-electron chi connectivity index (χ2n) is 9.70. The molecule has 1 aliphatic rings. The van der Waals surface area contributed by atoms with Crippen LogP contribution in [0.2, 0.25) is 0 Å². The van der Waals surface area contributed by atoms with Crippen molar-refractivity contribution in [2.75, 3.05) is 51.8 Å². The van der Waals surface area contributed by atoms with Crippen molar-refractivity contribution in [3.8, 4) is 5.75 Å². The Morgan fingerprint density at radius 2 is 1.65 bits per heavy atom. The first kappa shape index (κ1) is 24.8. The van der Waals surface area contributed by atoms with E-state index in [1.165, 1.54) is 4.90 Å². The van der Waals surface area contributed by atoms with Crippen LogP contribution < -0.4 is 9.64 Å². The summed E-state index contributed by atoms with van der Waals surface area (Å²) in [6.45, 7) is 13.0. The van der Waals surface area contributed by atoms with Gasteiger partial charge in [-0.15, -0.1) is 0 Å². The minimum Gasteiger partial charge on any atom is -0.497 e. The second kappa shape index (κ2) is 10.7. The number of hydrogen-bond acceptors (Lipinski definition) is 5. The zero-order valence-corrected chi connectivity index (χ0v) is 20.2. The number of hydrogen-bond donors (Lipinski definition) is 0. The maximum atomic E-state index is 13.3. The molecule has 0 spiro atoms. The summed E-state index contributed by atoms with van der Waals surface area (Å²) in [6.07, 6.45) is 0.350. The van der Waals surface area contributed by atoms with Gasteiger partial charge in [0.15, 0.2) is 0 Å². The quantitative estimate of drug-likeness (QED) is 0.653. The molecule has 1 saturated heterocycles. The molecule has 0 saturated carbocycles. The van der Waals surface area contributed by atoms with Crippen LogP contribution in [0.4, 0.5) is 10.5 Å². The van der Waals surface area contributed by atoms with Gasteiger partial charge >= 0.3 is 6.09 Å². The average molecular weight is 434 g/mol. The van der Waals surface area contributed by atoms with E-state index in [4.69, 9.17) is 9.47 Å². The van der Waals surface area contributed by atoms with Crippen LogP contribution in [0.3, 0.4) is 0 Å². The molecule has 1 aliphatic heterocycles. The predicted molar refractivity (Wildman–Crippen MR) is 124 cm³/mol. The molecule has 2 rings (SSSR count). The van der Waals surface area contributed by atoms with Gasteiger partial charge in [0.05, 0.1) is 13.0 Å². The molecule has 0 aliphatic carbocycles. The molecular formula is C24H39N3O4. The molecule has 0 aromatic heterocycles. The number of piperazine rings is 1. The van der Waals surface area contributed by atoms with E-state index in [0.29, 0.717) is 25.6 Å². The van der Waals surface area contributed by atoms with Crippen LogP contribution in [-0.2, 0) is 9.53 Å². The Labute approximate surface area is 187 Å². The van der Waals surface area contributed by atoms with Gasteiger partial charge in [-0.05, 0) is 57.4 Å². The second-order valence-corrected chi connectivity index (χ2v) is 9.70. The van der Waals surface area contributed by atoms with E-state index >= 15 is 0 Å². The number of benzene rings is 1. The topological polar surface area (TPSA) is 62.3 Å². The maximum absolute atomic E-state index is 13.3. The molecule has 1 atom stereocenters. The maximum Gasteiger partial charge on any atom is 0.410 e. The Balaban J connectivity index is 1.97. The number of carbonyl (C=O) groups excluding carboxylic acids is 2. The predicted octanol–water partition coefficient (Wildman–Crippen LogP) is 3.87. The molecule has 0 unspecified atom stereocenters. The highest BCUT2D eigenvalue weighted by atomic mass is 16.6. The summed E-state index contributed by atoms with van der Waals surface area (Å²) in [5.41, 5.74) is 0.581. The van der Waals surface area contributed by atoms with Crippen LogP contribution in [0.25, 0.3) is 0 Å². The zero-order chi connectivity index (χ0) is 23.2. The molecule has 0 radical (unpaired) electrons. The minimum absolute atomic E-state index is 0.124. The van der Waals surface area contributed by atoms with E-state index < -0.39 is 11.7 Å². The van der Waals surface area contributed by atoms with Gasteiger partial charge in [-0.25, -0.2) is 4.79 Å². The van der Waals surface area contributed by atoms with E-state index in [9.17, 15) is 9.59 Å². The van der Waals surface area contributed by atoms with E-state index in [-0.39, 0.29) is 11.8 Å². The first-order chi connectivity index (χ1) is 14.5. The number of methoxy groups -OCH3 is 1. The highest BCUT2D eigenvalue weighted by Crippen LogP contribution is 2.23. The van der Waals surface area contributed by atoms with Gasteiger partial charge in [0.25, 0.3) is 0 Å². The van der Waals surface area contributed by atoms with Crippen LogP contribution in [0.15, 0.2) is 24.3 Å². The number of anilines is 1. The standard InChI is InChI=1S/C24H39N3O4/c1-18(2)16-19(17-25(6)23(29)31-24(3,4)5)22(28)27-14-12-26(13-15-27)20-8-10-21(30-7)11-9-20/h8-11,18-19H,12-17H2,1-7H3/t19-/m0/s1. The third-order valence-corrected chi connectivity index (χ3v) is 5.33. The number of amides is 2. The zero-order valence-electron chi connectivity index (χ0n) is 20.2. The SMILES string of the molecule is COc1ccc(N2CCN(C(=O)[C@@H](CC(C)C)CN(C)C(=O)OC(C)(C)C)CC2)cc1. The summed E-state index contributed by atoms with van der Waals surface area (Å²) in [5.74, 6) is 1.09. The smallest absolute Gasteiger partial charge is 0.410 e. The van der Waals surface area contributed by atoms with E-state index in [1.54, 1.807) is 14.2 Å². The van der Waals surface area contributed by atoms with E-state index in [1.807, 2.05) is 49.9 Å². The van der Waals surface area contributed by atoms with Crippen molar-refractivity contribution in [2.45, 2.75) is 46.6 Å². The van der Waals surface area contributed by atoms with Crippen LogP contribution in [-0.4, -0.2) is 74.3 Å². The summed E-state index contributed by atoms with van der Waals surface area (Å²) < 4.78 is 10.7. The van der Waals surface area contributed by atoms with Crippen molar-refractivity contribution in [3.05, 3.63) is 24.3 Å². The third kappa shape index (κ3) is 7.64. The van der Waals surface area contributed by atoms with Crippen molar-refractivity contribution in [1.29, 1.82) is 0 Å². The molecule has 31 heavy (non-hydrogen) atoms. The van der Waals surface area contributed by atoms with Crippen LogP contribution in [0.5, 0.6) is 5.75 Å². The average Bonchev–Trinajstić information content (AvgIpc) is 2.71. The first-order valence-corrected chi connectivity index (χ1v) is 11.1. The third-order valence-electron chi connectivity index (χ3n) is 5.33. The molecule has 0 bridgehead atoms. The van der Waals surface area contributed by atoms with Crippen molar-refractivity contribution in [1.82, 2.24) is 9.80 Å². The molecule has 2 amide bonds. The van der Waals surface area contributed by atoms with Crippen molar-refractivity contribution in [2.24, 2.45) is 11.8 Å². The van der Waals surface area contributed by atoms with E-state index in [0.717, 1.165) is 30.9 Å². The number of nitrogens with zero attached hydrogens (tertiary/aromatic N) is 3. The Bertz CT molecular complexity index is 719. The van der Waals surface area contributed by atoms with Gasteiger partial charge in [0.1, 0.15) is 11.4 Å². The lowest BCUT2D eigenvalue weighted by Crippen LogP contribution is -2.52. The van der Waals surface area contributed by atoms with Crippen LogP contribution >= 0.6 is 0 Å². The van der Waals surface area contributed by atoms with Crippen LogP contribution in [0, 0.1) is 11.8 Å². The lowest BCUT2D eigenvalue weighted by molar-refractivity contribution is -0.136. The fourth-order valence-corrected chi connectivity index (χ4v) is 3.80. The Morgan fingerprint density at radius 3 is 2.13 bits per heavy atom. The summed E-state index contributed by atoms with van der Waals surface area (Å²) in [7, 11) is 3.36. The van der Waals surface area contributed by atoms with Gasteiger partial charge in [-0.1, -0.05) is 13.8 Å². The molecule has 0 N–H and O–H groups in total. The summed E-state index contributed by atoms with van der Waals surface area (Å²) in [6, 6.07) is 8.01. The highest BCUT2D eigenvalue weighted by molar-refractivity contribution is 5.80. The van der Waals surface area contributed by atoms with Gasteiger partial charge in [0.2, 0.25) is 5.91 Å². The molecule has 1 fully saturated rings. The van der Waals surface area contributed by atoms with Crippen LogP contribution in [0.1, 0.15) is 41.0 Å². The monoisotopic (exact) mass is 433 g/mol. The lowest BCUT2D eigenvalue weighted by atomic mass is 9.95. The fourth-order valence-electron chi connectivity index (χ4n) is 3.80. The molecule has 174 valence electrons. The Kier molecular flexibility index (Phi) is 8.60. The summed E-state index contributed by atoms with van der Waals surface area (Å²) >= 11 is 0.